The van der Waals surface area contributed by atoms with Gasteiger partial charge in [0.15, 0.2) is 6.61 Å². The molecule has 0 radical (unpaired) electrons. The van der Waals surface area contributed by atoms with Crippen LogP contribution in [0.5, 0.6) is 5.75 Å². The lowest BCUT2D eigenvalue weighted by molar-refractivity contribution is -0.137. The van der Waals surface area contributed by atoms with Crippen LogP contribution in [0.15, 0.2) is 28.7 Å². The summed E-state index contributed by atoms with van der Waals surface area (Å²) in [5.74, 6) is 0.760. The second kappa shape index (κ2) is 7.86. The van der Waals surface area contributed by atoms with E-state index in [0.29, 0.717) is 11.8 Å². The van der Waals surface area contributed by atoms with Gasteiger partial charge in [-0.05, 0) is 38.1 Å². The Kier molecular flexibility index (Phi) is 6.79. The Hall–Kier alpha value is -0.780. The van der Waals surface area contributed by atoms with Crippen LogP contribution in [-0.4, -0.2) is 42.6 Å². The van der Waals surface area contributed by atoms with Gasteiger partial charge in [-0.25, -0.2) is 0 Å². The van der Waals surface area contributed by atoms with E-state index in [1.54, 1.807) is 0 Å². The van der Waals surface area contributed by atoms with E-state index in [2.05, 4.69) is 35.1 Å². The molecule has 1 heterocycles. The maximum absolute atomic E-state index is 12.2. The average molecular weight is 364 g/mol. The minimum absolute atomic E-state index is 0. The number of amides is 1. The van der Waals surface area contributed by atoms with Gasteiger partial charge in [-0.1, -0.05) is 15.9 Å². The van der Waals surface area contributed by atoms with Gasteiger partial charge in [-0.2, -0.15) is 0 Å². The van der Waals surface area contributed by atoms with E-state index >= 15 is 0 Å². The smallest absolute Gasteiger partial charge is 0.260 e. The molecular weight excluding hydrogens is 344 g/mol. The summed E-state index contributed by atoms with van der Waals surface area (Å²) in [6.45, 7) is 5.84. The van der Waals surface area contributed by atoms with Gasteiger partial charge in [0.2, 0.25) is 0 Å². The lowest BCUT2D eigenvalue weighted by atomic mass is 10.1. The first-order chi connectivity index (χ1) is 9.08. The van der Waals surface area contributed by atoms with E-state index in [1.807, 2.05) is 29.2 Å². The standard InChI is InChI=1S/C14H19BrN2O2.ClH/c1-10-11(2)17(8-7-16-10)14(18)9-19-13-5-3-12(15)4-6-13;/h3-6,10-11,16H,7-9H2,1-2H3;1H. The molecule has 0 aromatic heterocycles. The van der Waals surface area contributed by atoms with Crippen molar-refractivity contribution in [3.63, 3.8) is 0 Å². The topological polar surface area (TPSA) is 41.6 Å². The highest BCUT2D eigenvalue weighted by molar-refractivity contribution is 9.10. The maximum atomic E-state index is 12.2. The predicted octanol–water partition coefficient (Wildman–Crippen LogP) is 2.46. The highest BCUT2D eigenvalue weighted by Crippen LogP contribution is 2.16. The summed E-state index contributed by atoms with van der Waals surface area (Å²) in [4.78, 5) is 14.0. The molecule has 112 valence electrons. The molecule has 1 aromatic rings. The summed E-state index contributed by atoms with van der Waals surface area (Å²) in [6.07, 6.45) is 0. The molecule has 6 heteroatoms. The molecule has 0 spiro atoms. The van der Waals surface area contributed by atoms with Crippen LogP contribution in [0.4, 0.5) is 0 Å². The summed E-state index contributed by atoms with van der Waals surface area (Å²) >= 11 is 3.36. The van der Waals surface area contributed by atoms with Crippen molar-refractivity contribution in [2.45, 2.75) is 25.9 Å². The minimum atomic E-state index is 0. The zero-order valence-corrected chi connectivity index (χ0v) is 14.0. The quantitative estimate of drug-likeness (QED) is 0.897. The SMILES string of the molecule is CC1NCCN(C(=O)COc2ccc(Br)cc2)C1C.Cl. The van der Waals surface area contributed by atoms with Crippen molar-refractivity contribution in [3.8, 4) is 5.75 Å². The van der Waals surface area contributed by atoms with Crippen molar-refractivity contribution >= 4 is 34.2 Å². The van der Waals surface area contributed by atoms with Crippen LogP contribution in [0.2, 0.25) is 0 Å². The Labute approximate surface area is 134 Å². The van der Waals surface area contributed by atoms with Crippen LogP contribution >= 0.6 is 28.3 Å². The van der Waals surface area contributed by atoms with Gasteiger partial charge >= 0.3 is 0 Å². The molecule has 20 heavy (non-hydrogen) atoms. The maximum Gasteiger partial charge on any atom is 0.260 e. The molecule has 1 fully saturated rings. The molecule has 0 saturated carbocycles. The molecule has 1 aliphatic heterocycles. The molecule has 0 bridgehead atoms. The second-order valence-electron chi connectivity index (χ2n) is 4.81. The van der Waals surface area contributed by atoms with Crippen molar-refractivity contribution in [2.75, 3.05) is 19.7 Å². The van der Waals surface area contributed by atoms with Crippen molar-refractivity contribution < 1.29 is 9.53 Å². The molecular formula is C14H20BrClN2O2. The highest BCUT2D eigenvalue weighted by Gasteiger charge is 2.28. The van der Waals surface area contributed by atoms with E-state index in [0.717, 1.165) is 17.6 Å². The fourth-order valence-corrected chi connectivity index (χ4v) is 2.43. The largest absolute Gasteiger partial charge is 0.484 e. The normalized spacial score (nSPS) is 22.1. The number of hydrogen-bond acceptors (Lipinski definition) is 3. The van der Waals surface area contributed by atoms with Crippen LogP contribution in [0.3, 0.4) is 0 Å². The lowest BCUT2D eigenvalue weighted by Gasteiger charge is -2.38. The molecule has 1 aromatic carbocycles. The Morgan fingerprint density at radius 1 is 1.40 bits per heavy atom. The van der Waals surface area contributed by atoms with Gasteiger partial charge in [0.05, 0.1) is 0 Å². The molecule has 2 rings (SSSR count). The van der Waals surface area contributed by atoms with Crippen LogP contribution in [0, 0.1) is 0 Å². The monoisotopic (exact) mass is 362 g/mol. The third kappa shape index (κ3) is 4.36. The fourth-order valence-electron chi connectivity index (χ4n) is 2.17. The van der Waals surface area contributed by atoms with E-state index in [1.165, 1.54) is 0 Å². The van der Waals surface area contributed by atoms with Crippen molar-refractivity contribution in [1.82, 2.24) is 10.2 Å². The lowest BCUT2D eigenvalue weighted by Crippen LogP contribution is -2.58. The minimum Gasteiger partial charge on any atom is -0.484 e. The molecule has 1 saturated heterocycles. The predicted molar refractivity (Wildman–Crippen MR) is 85.5 cm³/mol. The Morgan fingerprint density at radius 2 is 2.05 bits per heavy atom. The second-order valence-corrected chi connectivity index (χ2v) is 5.73. The van der Waals surface area contributed by atoms with Gasteiger partial charge in [-0.3, -0.25) is 4.79 Å². The first-order valence-corrected chi connectivity index (χ1v) is 7.28. The number of ether oxygens (including phenoxy) is 1. The molecule has 2 atom stereocenters. The Morgan fingerprint density at radius 3 is 2.70 bits per heavy atom. The number of benzene rings is 1. The number of nitrogens with zero attached hydrogens (tertiary/aromatic N) is 1. The molecule has 0 aliphatic carbocycles. The number of nitrogens with one attached hydrogen (secondary N) is 1. The van der Waals surface area contributed by atoms with Crippen molar-refractivity contribution in [2.24, 2.45) is 0 Å². The fraction of sp³-hybridized carbons (Fsp3) is 0.500. The summed E-state index contributed by atoms with van der Waals surface area (Å²) < 4.78 is 6.52. The van der Waals surface area contributed by atoms with Gasteiger partial charge in [-0.15, -0.1) is 12.4 Å². The average Bonchev–Trinajstić information content (AvgIpc) is 2.41. The number of rotatable bonds is 3. The molecule has 2 unspecified atom stereocenters. The third-order valence-electron chi connectivity index (χ3n) is 3.53. The van der Waals surface area contributed by atoms with Gasteiger partial charge in [0, 0.05) is 29.6 Å². The van der Waals surface area contributed by atoms with Crippen LogP contribution in [0.25, 0.3) is 0 Å². The van der Waals surface area contributed by atoms with E-state index in [-0.39, 0.29) is 31.0 Å². The van der Waals surface area contributed by atoms with Crippen LogP contribution in [0.1, 0.15) is 13.8 Å². The van der Waals surface area contributed by atoms with E-state index in [4.69, 9.17) is 4.74 Å². The first kappa shape index (κ1) is 17.3. The number of hydrogen-bond donors (Lipinski definition) is 1. The number of piperazine rings is 1. The van der Waals surface area contributed by atoms with Gasteiger partial charge in [0.25, 0.3) is 5.91 Å². The summed E-state index contributed by atoms with van der Waals surface area (Å²) in [6, 6.07) is 8.02. The van der Waals surface area contributed by atoms with Crippen molar-refractivity contribution in [3.05, 3.63) is 28.7 Å². The number of carbonyl (C=O) groups is 1. The molecule has 1 amide bonds. The summed E-state index contributed by atoms with van der Waals surface area (Å²) in [7, 11) is 0. The number of halogens is 2. The third-order valence-corrected chi connectivity index (χ3v) is 4.06. The molecule has 1 N–H and O–H groups in total. The van der Waals surface area contributed by atoms with Gasteiger partial charge < -0.3 is 15.0 Å². The molecule has 4 nitrogen and oxygen atoms in total. The molecule has 1 aliphatic rings. The summed E-state index contributed by atoms with van der Waals surface area (Å²) in [5.41, 5.74) is 0. The highest BCUT2D eigenvalue weighted by atomic mass is 79.9. The zero-order chi connectivity index (χ0) is 13.8. The Bertz CT molecular complexity index is 441. The first-order valence-electron chi connectivity index (χ1n) is 6.49. The van der Waals surface area contributed by atoms with E-state index < -0.39 is 0 Å². The van der Waals surface area contributed by atoms with Crippen LogP contribution < -0.4 is 10.1 Å². The Balaban J connectivity index is 0.00000200. The van der Waals surface area contributed by atoms with Gasteiger partial charge in [0.1, 0.15) is 5.75 Å². The summed E-state index contributed by atoms with van der Waals surface area (Å²) in [5, 5.41) is 3.36. The number of carbonyl (C=O) groups excluding carboxylic acids is 1. The van der Waals surface area contributed by atoms with Crippen LogP contribution in [-0.2, 0) is 4.79 Å². The zero-order valence-electron chi connectivity index (χ0n) is 11.6. The van der Waals surface area contributed by atoms with E-state index in [9.17, 15) is 4.79 Å². The van der Waals surface area contributed by atoms with Crippen molar-refractivity contribution in [1.29, 1.82) is 0 Å².